The molecule has 0 saturated heterocycles. The highest BCUT2D eigenvalue weighted by Gasteiger charge is 2.05. The van der Waals surface area contributed by atoms with Gasteiger partial charge in [0.2, 0.25) is 5.91 Å². The molecule has 8 heteroatoms. The van der Waals surface area contributed by atoms with Crippen molar-refractivity contribution in [2.75, 3.05) is 5.75 Å². The molecule has 2 aromatic rings. The fraction of sp³-hybridized carbons (Fsp3) is 0.263. The van der Waals surface area contributed by atoms with Crippen molar-refractivity contribution >= 4 is 29.6 Å². The molecule has 0 fully saturated rings. The largest absolute Gasteiger partial charge is 0.491 e. The Morgan fingerprint density at radius 2 is 1.89 bits per heavy atom. The second kappa shape index (κ2) is 10.3. The number of benzene rings is 2. The van der Waals surface area contributed by atoms with E-state index in [0.29, 0.717) is 5.75 Å². The summed E-state index contributed by atoms with van der Waals surface area (Å²) in [5, 5.41) is 14.5. The van der Waals surface area contributed by atoms with Crippen LogP contribution in [0, 0.1) is 10.1 Å². The van der Waals surface area contributed by atoms with Crippen LogP contribution in [-0.4, -0.2) is 28.9 Å². The van der Waals surface area contributed by atoms with Crippen LogP contribution >= 0.6 is 11.8 Å². The van der Waals surface area contributed by atoms with Gasteiger partial charge in [-0.3, -0.25) is 14.9 Å². The average Bonchev–Trinajstić information content (AvgIpc) is 2.63. The van der Waals surface area contributed by atoms with E-state index in [1.165, 1.54) is 23.9 Å². The second-order valence-electron chi connectivity index (χ2n) is 5.95. The third-order valence-corrected chi connectivity index (χ3v) is 4.31. The second-order valence-corrected chi connectivity index (χ2v) is 6.93. The summed E-state index contributed by atoms with van der Waals surface area (Å²) in [7, 11) is 0. The summed E-state index contributed by atoms with van der Waals surface area (Å²) in [5.41, 5.74) is 4.31. The maximum Gasteiger partial charge on any atom is 0.269 e. The number of hydrogen-bond donors (Lipinski definition) is 1. The first kappa shape index (κ1) is 20.4. The molecule has 0 unspecified atom stereocenters. The molecule has 1 amide bonds. The molecule has 7 nitrogen and oxygen atoms in total. The molecule has 1 N–H and O–H groups in total. The Kier molecular flexibility index (Phi) is 7.81. The maximum atomic E-state index is 11.8. The highest BCUT2D eigenvalue weighted by Crippen LogP contribution is 2.16. The van der Waals surface area contributed by atoms with Crippen LogP contribution in [-0.2, 0) is 10.5 Å². The monoisotopic (exact) mass is 387 g/mol. The first-order valence-electron chi connectivity index (χ1n) is 8.34. The van der Waals surface area contributed by atoms with Gasteiger partial charge in [0, 0.05) is 17.9 Å². The van der Waals surface area contributed by atoms with Crippen molar-refractivity contribution in [1.29, 1.82) is 0 Å². The van der Waals surface area contributed by atoms with Crippen LogP contribution in [0.25, 0.3) is 0 Å². The Hall–Kier alpha value is -2.87. The van der Waals surface area contributed by atoms with Crippen LogP contribution in [0.4, 0.5) is 5.69 Å². The van der Waals surface area contributed by atoms with E-state index in [2.05, 4.69) is 10.5 Å². The molecular formula is C19H21N3O4S. The standard InChI is InChI=1S/C19H21N3O4S/c1-14(2)26-18-9-5-15(6-10-18)11-20-21-19(23)13-27-12-16-3-7-17(8-4-16)22(24)25/h3-11,14H,12-13H2,1-2H3,(H,21,23)/b20-11-. The zero-order chi connectivity index (χ0) is 19.6. The van der Waals surface area contributed by atoms with Gasteiger partial charge >= 0.3 is 0 Å². The molecule has 2 rings (SSSR count). The first-order valence-corrected chi connectivity index (χ1v) is 9.49. The Morgan fingerprint density at radius 3 is 2.48 bits per heavy atom. The zero-order valence-electron chi connectivity index (χ0n) is 15.1. The maximum absolute atomic E-state index is 11.8. The lowest BCUT2D eigenvalue weighted by atomic mass is 10.2. The molecule has 0 aliphatic carbocycles. The Labute approximate surface area is 162 Å². The number of nitrogens with one attached hydrogen (secondary N) is 1. The summed E-state index contributed by atoms with van der Waals surface area (Å²) >= 11 is 1.41. The summed E-state index contributed by atoms with van der Waals surface area (Å²) in [6.07, 6.45) is 1.69. The quantitative estimate of drug-likeness (QED) is 0.402. The molecule has 0 saturated carbocycles. The minimum absolute atomic E-state index is 0.0552. The predicted octanol–water partition coefficient (Wildman–Crippen LogP) is 3.77. The highest BCUT2D eigenvalue weighted by atomic mass is 32.2. The van der Waals surface area contributed by atoms with Gasteiger partial charge in [0.05, 0.1) is 23.0 Å². The number of nitrogens with zero attached hydrogens (tertiary/aromatic N) is 2. The lowest BCUT2D eigenvalue weighted by Gasteiger charge is -2.09. The summed E-state index contributed by atoms with van der Waals surface area (Å²) in [6.45, 7) is 3.93. The molecule has 0 spiro atoms. The van der Waals surface area contributed by atoms with Gasteiger partial charge in [-0.2, -0.15) is 5.10 Å². The summed E-state index contributed by atoms with van der Waals surface area (Å²) in [4.78, 5) is 22.0. The van der Waals surface area contributed by atoms with E-state index >= 15 is 0 Å². The van der Waals surface area contributed by atoms with Crippen LogP contribution in [0.2, 0.25) is 0 Å². The van der Waals surface area contributed by atoms with Crippen molar-refractivity contribution in [2.45, 2.75) is 25.7 Å². The molecule has 0 aromatic heterocycles. The number of carbonyl (C=O) groups is 1. The molecule has 27 heavy (non-hydrogen) atoms. The van der Waals surface area contributed by atoms with Gasteiger partial charge in [-0.25, -0.2) is 5.43 Å². The highest BCUT2D eigenvalue weighted by molar-refractivity contribution is 7.99. The van der Waals surface area contributed by atoms with Crippen LogP contribution in [0.1, 0.15) is 25.0 Å². The van der Waals surface area contributed by atoms with Gasteiger partial charge in [0.1, 0.15) is 5.75 Å². The number of hydrogen-bond acceptors (Lipinski definition) is 6. The topological polar surface area (TPSA) is 93.8 Å². The predicted molar refractivity (Wildman–Crippen MR) is 107 cm³/mol. The van der Waals surface area contributed by atoms with Crippen LogP contribution in [0.15, 0.2) is 53.6 Å². The lowest BCUT2D eigenvalue weighted by Crippen LogP contribution is -2.19. The first-order chi connectivity index (χ1) is 12.9. The van der Waals surface area contributed by atoms with Crippen LogP contribution in [0.5, 0.6) is 5.75 Å². The minimum atomic E-state index is -0.437. The van der Waals surface area contributed by atoms with Gasteiger partial charge in [0.25, 0.3) is 5.69 Å². The van der Waals surface area contributed by atoms with Crippen molar-refractivity contribution in [1.82, 2.24) is 5.43 Å². The van der Waals surface area contributed by atoms with Crippen molar-refractivity contribution in [3.8, 4) is 5.75 Å². The van der Waals surface area contributed by atoms with E-state index in [0.717, 1.165) is 16.9 Å². The molecule has 2 aromatic carbocycles. The van der Waals surface area contributed by atoms with Gasteiger partial charge in [-0.05, 0) is 49.2 Å². The van der Waals surface area contributed by atoms with E-state index in [1.54, 1.807) is 18.3 Å². The number of rotatable bonds is 9. The number of nitro benzene ring substituents is 1. The summed E-state index contributed by atoms with van der Waals surface area (Å²) in [6, 6.07) is 13.7. The Bertz CT molecular complexity index is 790. The molecule has 142 valence electrons. The SMILES string of the molecule is CC(C)Oc1ccc(/C=N\NC(=O)CSCc2ccc([N+](=O)[O-])cc2)cc1. The fourth-order valence-corrected chi connectivity index (χ4v) is 2.87. The number of amides is 1. The number of hydrazone groups is 1. The lowest BCUT2D eigenvalue weighted by molar-refractivity contribution is -0.384. The van der Waals surface area contributed by atoms with Crippen molar-refractivity contribution in [3.63, 3.8) is 0 Å². The van der Waals surface area contributed by atoms with Gasteiger partial charge in [-0.1, -0.05) is 12.1 Å². The zero-order valence-corrected chi connectivity index (χ0v) is 15.9. The van der Waals surface area contributed by atoms with E-state index in [4.69, 9.17) is 4.74 Å². The molecule has 0 heterocycles. The summed E-state index contributed by atoms with van der Waals surface area (Å²) < 4.78 is 5.56. The van der Waals surface area contributed by atoms with Crippen molar-refractivity contribution in [3.05, 3.63) is 69.8 Å². The van der Waals surface area contributed by atoms with Gasteiger partial charge in [-0.15, -0.1) is 11.8 Å². The number of nitro groups is 1. The number of carbonyl (C=O) groups excluding carboxylic acids is 1. The molecule has 0 radical (unpaired) electrons. The van der Waals surface area contributed by atoms with Crippen LogP contribution in [0.3, 0.4) is 0 Å². The Morgan fingerprint density at radius 1 is 1.22 bits per heavy atom. The van der Waals surface area contributed by atoms with E-state index in [-0.39, 0.29) is 23.5 Å². The van der Waals surface area contributed by atoms with Crippen molar-refractivity contribution < 1.29 is 14.5 Å². The number of ether oxygens (including phenoxy) is 1. The Balaban J connectivity index is 1.71. The molecule has 0 bridgehead atoms. The van der Waals surface area contributed by atoms with E-state index < -0.39 is 4.92 Å². The molecule has 0 atom stereocenters. The van der Waals surface area contributed by atoms with Gasteiger partial charge in [0.15, 0.2) is 0 Å². The fourth-order valence-electron chi connectivity index (χ4n) is 2.09. The van der Waals surface area contributed by atoms with Gasteiger partial charge < -0.3 is 4.74 Å². The molecular weight excluding hydrogens is 366 g/mol. The van der Waals surface area contributed by atoms with Crippen molar-refractivity contribution in [2.24, 2.45) is 5.10 Å². The normalized spacial score (nSPS) is 10.9. The minimum Gasteiger partial charge on any atom is -0.491 e. The van der Waals surface area contributed by atoms with E-state index in [1.807, 2.05) is 38.1 Å². The molecule has 0 aliphatic rings. The summed E-state index contributed by atoms with van der Waals surface area (Å²) in [5.74, 6) is 1.41. The number of non-ortho nitro benzene ring substituents is 1. The van der Waals surface area contributed by atoms with E-state index in [9.17, 15) is 14.9 Å². The van der Waals surface area contributed by atoms with Crippen LogP contribution < -0.4 is 10.2 Å². The number of thioether (sulfide) groups is 1. The third-order valence-electron chi connectivity index (χ3n) is 3.30. The third kappa shape index (κ3) is 7.49. The molecule has 0 aliphatic heterocycles. The average molecular weight is 387 g/mol. The smallest absolute Gasteiger partial charge is 0.269 e.